The Labute approximate surface area is 151 Å². The van der Waals surface area contributed by atoms with Crippen LogP contribution in [0.4, 0.5) is 5.82 Å². The Morgan fingerprint density at radius 2 is 1.92 bits per heavy atom. The molecule has 2 aromatic rings. The van der Waals surface area contributed by atoms with Crippen molar-refractivity contribution < 1.29 is 14.3 Å². The van der Waals surface area contributed by atoms with Gasteiger partial charge >= 0.3 is 0 Å². The van der Waals surface area contributed by atoms with Gasteiger partial charge < -0.3 is 9.47 Å². The number of fused-ring (bicyclic) bond motifs is 1. The van der Waals surface area contributed by atoms with Crippen LogP contribution in [0.3, 0.4) is 0 Å². The highest BCUT2D eigenvalue weighted by molar-refractivity contribution is 7.98. The quantitative estimate of drug-likeness (QED) is 0.604. The lowest BCUT2D eigenvalue weighted by Gasteiger charge is -2.32. The third kappa shape index (κ3) is 3.28. The van der Waals surface area contributed by atoms with E-state index in [-0.39, 0.29) is 11.8 Å². The van der Waals surface area contributed by atoms with E-state index in [4.69, 9.17) is 9.47 Å². The number of thioether (sulfide) groups is 1. The SMILES string of the molecule is CCN1C(=O)C(c2cc(OC)cc(OC)c2)Cc2cnc(SC)nc21. The molecule has 1 amide bonds. The van der Waals surface area contributed by atoms with E-state index < -0.39 is 0 Å². The van der Waals surface area contributed by atoms with Crippen molar-refractivity contribution in [2.75, 3.05) is 31.9 Å². The van der Waals surface area contributed by atoms with Crippen LogP contribution >= 0.6 is 11.8 Å². The molecule has 6 nitrogen and oxygen atoms in total. The van der Waals surface area contributed by atoms with Gasteiger partial charge in [0.15, 0.2) is 5.16 Å². The van der Waals surface area contributed by atoms with E-state index in [1.54, 1.807) is 25.2 Å². The Morgan fingerprint density at radius 1 is 1.24 bits per heavy atom. The first-order chi connectivity index (χ1) is 12.1. The van der Waals surface area contributed by atoms with Gasteiger partial charge in [-0.15, -0.1) is 0 Å². The van der Waals surface area contributed by atoms with E-state index in [9.17, 15) is 4.79 Å². The second-order valence-electron chi connectivity index (χ2n) is 5.69. The van der Waals surface area contributed by atoms with Crippen LogP contribution in [0, 0.1) is 0 Å². The van der Waals surface area contributed by atoms with Gasteiger partial charge in [-0.2, -0.15) is 0 Å². The summed E-state index contributed by atoms with van der Waals surface area (Å²) in [5, 5.41) is 0.673. The Hall–Kier alpha value is -2.28. The zero-order chi connectivity index (χ0) is 18.0. The second kappa shape index (κ2) is 7.31. The van der Waals surface area contributed by atoms with Gasteiger partial charge in [0, 0.05) is 24.4 Å². The summed E-state index contributed by atoms with van der Waals surface area (Å²) in [5.41, 5.74) is 1.85. The fourth-order valence-electron chi connectivity index (χ4n) is 3.05. The predicted molar refractivity (Wildman–Crippen MR) is 97.8 cm³/mol. The number of benzene rings is 1. The fourth-order valence-corrected chi connectivity index (χ4v) is 3.39. The maximum Gasteiger partial charge on any atom is 0.236 e. The second-order valence-corrected chi connectivity index (χ2v) is 6.46. The number of rotatable bonds is 5. The number of hydrogen-bond donors (Lipinski definition) is 0. The molecule has 1 aliphatic rings. The summed E-state index contributed by atoms with van der Waals surface area (Å²) in [6.07, 6.45) is 4.32. The summed E-state index contributed by atoms with van der Waals surface area (Å²) < 4.78 is 10.7. The highest BCUT2D eigenvalue weighted by atomic mass is 32.2. The largest absolute Gasteiger partial charge is 0.497 e. The molecule has 1 aliphatic heterocycles. The molecule has 2 heterocycles. The maximum absolute atomic E-state index is 13.1. The summed E-state index contributed by atoms with van der Waals surface area (Å²) in [6.45, 7) is 2.52. The van der Waals surface area contributed by atoms with Gasteiger partial charge in [0.2, 0.25) is 5.91 Å². The number of carbonyl (C=O) groups is 1. The number of ether oxygens (including phenoxy) is 2. The number of amides is 1. The summed E-state index contributed by atoms with van der Waals surface area (Å²) in [7, 11) is 3.21. The molecular formula is C18H21N3O3S. The minimum atomic E-state index is -0.305. The first kappa shape index (κ1) is 17.5. The average Bonchev–Trinajstić information content (AvgIpc) is 2.66. The highest BCUT2D eigenvalue weighted by Gasteiger charge is 2.35. The van der Waals surface area contributed by atoms with Crippen molar-refractivity contribution >= 4 is 23.5 Å². The molecule has 0 fully saturated rings. The Kier molecular flexibility index (Phi) is 5.13. The van der Waals surface area contributed by atoms with Crippen molar-refractivity contribution in [3.05, 3.63) is 35.5 Å². The fraction of sp³-hybridized carbons (Fsp3) is 0.389. The molecule has 0 spiro atoms. The molecule has 1 aromatic carbocycles. The summed E-state index contributed by atoms with van der Waals surface area (Å²) in [5.74, 6) is 1.80. The summed E-state index contributed by atoms with van der Waals surface area (Å²) in [6, 6.07) is 5.58. The average molecular weight is 359 g/mol. The molecule has 25 heavy (non-hydrogen) atoms. The first-order valence-corrected chi connectivity index (χ1v) is 9.28. The summed E-state index contributed by atoms with van der Waals surface area (Å²) >= 11 is 1.47. The van der Waals surface area contributed by atoms with Crippen molar-refractivity contribution in [1.29, 1.82) is 0 Å². The number of carbonyl (C=O) groups excluding carboxylic acids is 1. The van der Waals surface area contributed by atoms with Crippen LogP contribution in [0.15, 0.2) is 29.6 Å². The van der Waals surface area contributed by atoms with E-state index in [0.717, 1.165) is 16.9 Å². The molecule has 0 aliphatic carbocycles. The lowest BCUT2D eigenvalue weighted by atomic mass is 9.88. The molecule has 3 rings (SSSR count). The third-order valence-electron chi connectivity index (χ3n) is 4.34. The van der Waals surface area contributed by atoms with Crippen LogP contribution < -0.4 is 14.4 Å². The number of methoxy groups -OCH3 is 2. The van der Waals surface area contributed by atoms with Crippen molar-refractivity contribution in [2.45, 2.75) is 24.4 Å². The van der Waals surface area contributed by atoms with Crippen LogP contribution in [-0.4, -0.2) is 42.9 Å². The Balaban J connectivity index is 2.05. The van der Waals surface area contributed by atoms with E-state index in [1.807, 2.05) is 31.5 Å². The van der Waals surface area contributed by atoms with Gasteiger partial charge in [0.05, 0.1) is 20.1 Å². The van der Waals surface area contributed by atoms with Gasteiger partial charge in [0.1, 0.15) is 17.3 Å². The van der Waals surface area contributed by atoms with E-state index in [2.05, 4.69) is 9.97 Å². The smallest absolute Gasteiger partial charge is 0.236 e. The number of aromatic nitrogens is 2. The van der Waals surface area contributed by atoms with E-state index in [0.29, 0.717) is 29.6 Å². The van der Waals surface area contributed by atoms with Crippen LogP contribution in [0.25, 0.3) is 0 Å². The zero-order valence-corrected chi connectivity index (χ0v) is 15.6. The van der Waals surface area contributed by atoms with Gasteiger partial charge in [-0.3, -0.25) is 9.69 Å². The number of hydrogen-bond acceptors (Lipinski definition) is 6. The Bertz CT molecular complexity index is 775. The Morgan fingerprint density at radius 3 is 2.48 bits per heavy atom. The monoisotopic (exact) mass is 359 g/mol. The van der Waals surface area contributed by atoms with Gasteiger partial charge in [0.25, 0.3) is 0 Å². The molecule has 0 radical (unpaired) electrons. The van der Waals surface area contributed by atoms with Gasteiger partial charge in [-0.05, 0) is 37.3 Å². The predicted octanol–water partition coefficient (Wildman–Crippen LogP) is 2.91. The lowest BCUT2D eigenvalue weighted by Crippen LogP contribution is -2.41. The van der Waals surface area contributed by atoms with Crippen LogP contribution in [-0.2, 0) is 11.2 Å². The highest BCUT2D eigenvalue weighted by Crippen LogP contribution is 2.37. The van der Waals surface area contributed by atoms with E-state index >= 15 is 0 Å². The van der Waals surface area contributed by atoms with Crippen molar-refractivity contribution in [2.24, 2.45) is 0 Å². The lowest BCUT2D eigenvalue weighted by molar-refractivity contribution is -0.120. The first-order valence-electron chi connectivity index (χ1n) is 8.05. The zero-order valence-electron chi connectivity index (χ0n) is 14.8. The minimum absolute atomic E-state index is 0.0380. The molecule has 1 aromatic heterocycles. The number of anilines is 1. The molecule has 0 N–H and O–H groups in total. The van der Waals surface area contributed by atoms with Gasteiger partial charge in [-0.25, -0.2) is 9.97 Å². The molecule has 132 valence electrons. The van der Waals surface area contributed by atoms with Crippen molar-refractivity contribution in [3.63, 3.8) is 0 Å². The van der Waals surface area contributed by atoms with Crippen LogP contribution in [0.5, 0.6) is 11.5 Å². The third-order valence-corrected chi connectivity index (χ3v) is 4.90. The number of nitrogens with zero attached hydrogens (tertiary/aromatic N) is 3. The molecular weight excluding hydrogens is 338 g/mol. The topological polar surface area (TPSA) is 64.6 Å². The van der Waals surface area contributed by atoms with Gasteiger partial charge in [-0.1, -0.05) is 11.8 Å². The molecule has 7 heteroatoms. The molecule has 0 saturated carbocycles. The molecule has 1 atom stereocenters. The van der Waals surface area contributed by atoms with E-state index in [1.165, 1.54) is 11.8 Å². The minimum Gasteiger partial charge on any atom is -0.497 e. The molecule has 0 bridgehead atoms. The van der Waals surface area contributed by atoms with Crippen LogP contribution in [0.2, 0.25) is 0 Å². The van der Waals surface area contributed by atoms with Crippen molar-refractivity contribution in [3.8, 4) is 11.5 Å². The molecule has 1 unspecified atom stereocenters. The summed E-state index contributed by atoms with van der Waals surface area (Å²) in [4.78, 5) is 23.7. The maximum atomic E-state index is 13.1. The standard InChI is InChI=1S/C18H21N3O3S/c1-5-21-16-12(10-19-18(20-16)25-4)8-15(17(21)22)11-6-13(23-2)9-14(7-11)24-3/h6-7,9-10,15H,5,8H2,1-4H3. The normalized spacial score (nSPS) is 16.6. The van der Waals surface area contributed by atoms with Crippen molar-refractivity contribution in [1.82, 2.24) is 9.97 Å². The molecule has 0 saturated heterocycles. The number of likely N-dealkylation sites (N-methyl/N-ethyl adjacent to an activating group) is 1. The van der Waals surface area contributed by atoms with Crippen LogP contribution in [0.1, 0.15) is 24.0 Å².